The Labute approximate surface area is 222 Å². The first kappa shape index (κ1) is 22.3. The molecule has 1 aliphatic rings. The van der Waals surface area contributed by atoms with Gasteiger partial charge in [0, 0.05) is 42.6 Å². The van der Waals surface area contributed by atoms with Crippen molar-refractivity contribution in [1.29, 1.82) is 0 Å². The van der Waals surface area contributed by atoms with Crippen LogP contribution < -0.4 is 4.90 Å². The quantitative estimate of drug-likeness (QED) is 0.236. The van der Waals surface area contributed by atoms with Crippen molar-refractivity contribution in [2.75, 3.05) is 4.90 Å². The summed E-state index contributed by atoms with van der Waals surface area (Å²) in [5, 5.41) is 2.74. The van der Waals surface area contributed by atoms with Gasteiger partial charge in [0.1, 0.15) is 0 Å². The van der Waals surface area contributed by atoms with E-state index in [2.05, 4.69) is 136 Å². The molecular weight excluding hydrogens is 466 g/mol. The van der Waals surface area contributed by atoms with Crippen LogP contribution in [0.15, 0.2) is 103 Å². The Morgan fingerprint density at radius 3 is 1.81 bits per heavy atom. The van der Waals surface area contributed by atoms with Crippen LogP contribution in [0.1, 0.15) is 36.1 Å². The van der Waals surface area contributed by atoms with E-state index in [0.29, 0.717) is 0 Å². The zero-order valence-electron chi connectivity index (χ0n) is 21.7. The van der Waals surface area contributed by atoms with E-state index in [1.54, 1.807) is 0 Å². The number of thiophene rings is 1. The molecule has 6 aromatic rings. The van der Waals surface area contributed by atoms with E-state index in [-0.39, 0.29) is 5.41 Å². The maximum atomic E-state index is 2.46. The van der Waals surface area contributed by atoms with Gasteiger partial charge >= 0.3 is 0 Å². The third-order valence-electron chi connectivity index (χ3n) is 8.00. The number of rotatable bonds is 3. The first-order valence-electron chi connectivity index (χ1n) is 12.9. The van der Waals surface area contributed by atoms with E-state index in [0.717, 1.165) is 0 Å². The summed E-state index contributed by atoms with van der Waals surface area (Å²) in [6.45, 7) is 9.04. The molecule has 0 N–H and O–H groups in total. The van der Waals surface area contributed by atoms with Crippen LogP contribution in [0.25, 0.3) is 31.3 Å². The van der Waals surface area contributed by atoms with E-state index in [1.165, 1.54) is 70.6 Å². The molecule has 2 heteroatoms. The van der Waals surface area contributed by atoms with Gasteiger partial charge < -0.3 is 4.90 Å². The smallest absolute Gasteiger partial charge is 0.0465 e. The molecular formula is C35H29NS. The minimum Gasteiger partial charge on any atom is -0.310 e. The van der Waals surface area contributed by atoms with Crippen molar-refractivity contribution in [3.05, 3.63) is 125 Å². The van der Waals surface area contributed by atoms with E-state index in [4.69, 9.17) is 0 Å². The Bertz CT molecular complexity index is 1760. The maximum Gasteiger partial charge on any atom is 0.0465 e. The third-order valence-corrected chi connectivity index (χ3v) is 9.13. The minimum absolute atomic E-state index is 0.0792. The van der Waals surface area contributed by atoms with Crippen molar-refractivity contribution >= 4 is 48.6 Å². The fraction of sp³-hybridized carbons (Fsp3) is 0.143. The lowest BCUT2D eigenvalue weighted by molar-refractivity contribution is 0.661. The average molecular weight is 496 g/mol. The molecule has 0 atom stereocenters. The summed E-state index contributed by atoms with van der Waals surface area (Å²) in [5.74, 6) is 0. The van der Waals surface area contributed by atoms with Crippen molar-refractivity contribution in [1.82, 2.24) is 0 Å². The Morgan fingerprint density at radius 1 is 0.541 bits per heavy atom. The monoisotopic (exact) mass is 495 g/mol. The second-order valence-electron chi connectivity index (χ2n) is 10.9. The summed E-state index contributed by atoms with van der Waals surface area (Å²) >= 11 is 1.90. The van der Waals surface area contributed by atoms with Gasteiger partial charge in [-0.3, -0.25) is 0 Å². The van der Waals surface area contributed by atoms with Crippen LogP contribution in [-0.2, 0) is 5.41 Å². The summed E-state index contributed by atoms with van der Waals surface area (Å²) in [6, 6.07) is 38.4. The number of nitrogens with zero attached hydrogens (tertiary/aromatic N) is 1. The topological polar surface area (TPSA) is 3.24 Å². The maximum absolute atomic E-state index is 2.46. The molecule has 0 saturated heterocycles. The van der Waals surface area contributed by atoms with Crippen LogP contribution in [0.2, 0.25) is 0 Å². The number of hydrogen-bond acceptors (Lipinski definition) is 2. The summed E-state index contributed by atoms with van der Waals surface area (Å²) in [4.78, 5) is 2.38. The van der Waals surface area contributed by atoms with Crippen molar-refractivity contribution in [3.63, 3.8) is 0 Å². The van der Waals surface area contributed by atoms with Crippen LogP contribution in [-0.4, -0.2) is 0 Å². The highest BCUT2D eigenvalue weighted by Crippen LogP contribution is 2.53. The van der Waals surface area contributed by atoms with Crippen molar-refractivity contribution in [2.45, 2.75) is 33.1 Å². The molecule has 1 nitrogen and oxygen atoms in total. The second kappa shape index (κ2) is 8.06. The second-order valence-corrected chi connectivity index (χ2v) is 11.9. The molecule has 0 aliphatic heterocycles. The highest BCUT2D eigenvalue weighted by Gasteiger charge is 2.36. The lowest BCUT2D eigenvalue weighted by Gasteiger charge is -2.28. The molecule has 1 aromatic heterocycles. The number of fused-ring (bicyclic) bond motifs is 6. The lowest BCUT2D eigenvalue weighted by atomic mass is 9.82. The fourth-order valence-corrected chi connectivity index (χ4v) is 7.04. The first-order chi connectivity index (χ1) is 17.9. The summed E-state index contributed by atoms with van der Waals surface area (Å²) in [7, 11) is 0. The van der Waals surface area contributed by atoms with Gasteiger partial charge in [-0.2, -0.15) is 0 Å². The molecule has 5 aromatic carbocycles. The van der Waals surface area contributed by atoms with Crippen molar-refractivity contribution in [2.24, 2.45) is 0 Å². The summed E-state index contributed by atoms with van der Waals surface area (Å²) in [5.41, 5.74) is 11.6. The average Bonchev–Trinajstić information content (AvgIpc) is 3.37. The van der Waals surface area contributed by atoms with Crippen LogP contribution in [0.5, 0.6) is 0 Å². The predicted molar refractivity (Wildman–Crippen MR) is 161 cm³/mol. The van der Waals surface area contributed by atoms with Gasteiger partial charge in [-0.15, -0.1) is 11.3 Å². The van der Waals surface area contributed by atoms with E-state index >= 15 is 0 Å². The Kier molecular flexibility index (Phi) is 4.86. The zero-order valence-corrected chi connectivity index (χ0v) is 22.5. The molecule has 0 unspecified atom stereocenters. The fourth-order valence-electron chi connectivity index (χ4n) is 5.91. The number of hydrogen-bond donors (Lipinski definition) is 0. The van der Waals surface area contributed by atoms with Crippen molar-refractivity contribution < 1.29 is 0 Å². The largest absolute Gasteiger partial charge is 0.310 e. The van der Waals surface area contributed by atoms with Crippen LogP contribution in [0.3, 0.4) is 0 Å². The van der Waals surface area contributed by atoms with Gasteiger partial charge in [-0.25, -0.2) is 0 Å². The molecule has 0 fully saturated rings. The normalized spacial score (nSPS) is 13.6. The highest BCUT2D eigenvalue weighted by molar-refractivity contribution is 7.25. The summed E-state index contributed by atoms with van der Waals surface area (Å²) < 4.78 is 2.73. The molecule has 180 valence electrons. The van der Waals surface area contributed by atoms with Gasteiger partial charge in [0.25, 0.3) is 0 Å². The van der Waals surface area contributed by atoms with Crippen molar-refractivity contribution in [3.8, 4) is 11.1 Å². The Morgan fingerprint density at radius 2 is 1.14 bits per heavy atom. The van der Waals surface area contributed by atoms with E-state index in [9.17, 15) is 0 Å². The standard InChI is InChI=1S/C35H29NS/c1-22-9-13-24(14-10-22)36(25-15-11-23(2)12-16-25)26-17-18-27-29-21-34-30(28-7-5-6-8-33(28)37-34)20-32(29)35(3,4)31(27)19-26/h5-21H,1-4H3. The Balaban J connectivity index is 1.41. The lowest BCUT2D eigenvalue weighted by Crippen LogP contribution is -2.16. The third kappa shape index (κ3) is 3.43. The molecule has 0 saturated carbocycles. The van der Waals surface area contributed by atoms with E-state index in [1.807, 2.05) is 11.3 Å². The molecule has 0 amide bonds. The number of anilines is 3. The van der Waals surface area contributed by atoms with Gasteiger partial charge in [-0.05, 0) is 90.7 Å². The number of benzene rings is 5. The van der Waals surface area contributed by atoms with Gasteiger partial charge in [0.05, 0.1) is 0 Å². The molecule has 1 aliphatic carbocycles. The molecule has 0 spiro atoms. The van der Waals surface area contributed by atoms with Gasteiger partial charge in [-0.1, -0.05) is 73.5 Å². The summed E-state index contributed by atoms with van der Waals surface area (Å²) in [6.07, 6.45) is 0. The first-order valence-corrected chi connectivity index (χ1v) is 13.8. The molecule has 0 bridgehead atoms. The molecule has 0 radical (unpaired) electrons. The molecule has 7 rings (SSSR count). The molecule has 1 heterocycles. The Hall–Kier alpha value is -3.88. The van der Waals surface area contributed by atoms with Crippen LogP contribution >= 0.6 is 11.3 Å². The zero-order chi connectivity index (χ0) is 25.3. The van der Waals surface area contributed by atoms with E-state index < -0.39 is 0 Å². The van der Waals surface area contributed by atoms with Gasteiger partial charge in [0.2, 0.25) is 0 Å². The number of aryl methyl sites for hydroxylation is 2. The van der Waals surface area contributed by atoms with Crippen LogP contribution in [0, 0.1) is 13.8 Å². The predicted octanol–water partition coefficient (Wildman–Crippen LogP) is 10.4. The van der Waals surface area contributed by atoms with Gasteiger partial charge in [0.15, 0.2) is 0 Å². The molecule has 37 heavy (non-hydrogen) atoms. The van der Waals surface area contributed by atoms with Crippen LogP contribution in [0.4, 0.5) is 17.1 Å². The SMILES string of the molecule is Cc1ccc(N(c2ccc(C)cc2)c2ccc3c(c2)C(C)(C)c2cc4c(cc2-3)sc2ccccc24)cc1. The minimum atomic E-state index is -0.0792. The highest BCUT2D eigenvalue weighted by atomic mass is 32.1.